The molecular weight excluding hydrogens is 295 g/mol. The second-order valence-electron chi connectivity index (χ2n) is 5.14. The van der Waals surface area contributed by atoms with Gasteiger partial charge in [0.1, 0.15) is 0 Å². The normalized spacial score (nSPS) is 15.0. The Morgan fingerprint density at radius 3 is 2.59 bits per heavy atom. The quantitative estimate of drug-likeness (QED) is 0.848. The molecule has 22 heavy (non-hydrogen) atoms. The number of nitrogens with zero attached hydrogens (tertiary/aromatic N) is 3. The number of anilines is 3. The fraction of sp³-hybridized carbons (Fsp3) is 0.357. The van der Waals surface area contributed by atoms with E-state index in [1.807, 2.05) is 0 Å². The van der Waals surface area contributed by atoms with Gasteiger partial charge in [0.2, 0.25) is 5.95 Å². The minimum atomic E-state index is -1.54. The molecule has 0 atom stereocenters. The van der Waals surface area contributed by atoms with E-state index in [0.29, 0.717) is 11.9 Å². The molecule has 2 N–H and O–H groups in total. The van der Waals surface area contributed by atoms with Crippen molar-refractivity contribution in [2.45, 2.75) is 31.7 Å². The van der Waals surface area contributed by atoms with E-state index in [4.69, 9.17) is 0 Å². The average molecular weight is 309 g/mol. The number of hydrogen-bond donors (Lipinski definition) is 2. The summed E-state index contributed by atoms with van der Waals surface area (Å²) in [6, 6.07) is 2.24. The van der Waals surface area contributed by atoms with Crippen molar-refractivity contribution >= 4 is 17.5 Å². The van der Waals surface area contributed by atoms with E-state index in [1.54, 1.807) is 0 Å². The lowest BCUT2D eigenvalue weighted by Gasteiger charge is -2.13. The average Bonchev–Trinajstić information content (AvgIpc) is 3.01. The zero-order valence-electron chi connectivity index (χ0n) is 11.6. The van der Waals surface area contributed by atoms with Gasteiger partial charge in [0.25, 0.3) is 0 Å². The van der Waals surface area contributed by atoms with Crippen LogP contribution < -0.4 is 10.6 Å². The minimum absolute atomic E-state index is 0.00732. The summed E-state index contributed by atoms with van der Waals surface area (Å²) < 4.78 is 39.7. The zero-order valence-corrected chi connectivity index (χ0v) is 11.6. The molecule has 8 heteroatoms. The molecule has 3 rings (SSSR count). The monoisotopic (exact) mass is 309 g/mol. The molecular formula is C14H14F3N5. The third kappa shape index (κ3) is 3.10. The highest BCUT2D eigenvalue weighted by molar-refractivity contribution is 5.55. The van der Waals surface area contributed by atoms with Crippen molar-refractivity contribution in [3.63, 3.8) is 0 Å². The van der Waals surface area contributed by atoms with Crippen LogP contribution in [0.25, 0.3) is 0 Å². The maximum atomic E-state index is 13.6. The molecule has 1 heterocycles. The van der Waals surface area contributed by atoms with Crippen molar-refractivity contribution in [3.8, 4) is 0 Å². The maximum absolute atomic E-state index is 13.6. The fourth-order valence-electron chi connectivity index (χ4n) is 2.45. The van der Waals surface area contributed by atoms with Crippen molar-refractivity contribution in [1.29, 1.82) is 0 Å². The van der Waals surface area contributed by atoms with Gasteiger partial charge >= 0.3 is 0 Å². The lowest BCUT2D eigenvalue weighted by atomic mass is 10.2. The summed E-state index contributed by atoms with van der Waals surface area (Å²) in [6.45, 7) is 0. The first-order chi connectivity index (χ1) is 10.6. The lowest BCUT2D eigenvalue weighted by Crippen LogP contribution is -2.16. The Morgan fingerprint density at radius 2 is 1.82 bits per heavy atom. The smallest absolute Gasteiger partial charge is 0.249 e. The Bertz CT molecular complexity index is 674. The van der Waals surface area contributed by atoms with Crippen LogP contribution >= 0.6 is 0 Å². The van der Waals surface area contributed by atoms with Crippen LogP contribution in [0.4, 0.5) is 30.6 Å². The number of halogens is 3. The topological polar surface area (TPSA) is 62.7 Å². The molecule has 1 aromatic carbocycles. The number of rotatable bonds is 4. The lowest BCUT2D eigenvalue weighted by molar-refractivity contribution is 0.449. The van der Waals surface area contributed by atoms with E-state index < -0.39 is 17.5 Å². The first kappa shape index (κ1) is 14.6. The summed E-state index contributed by atoms with van der Waals surface area (Å²) in [4.78, 5) is 4.15. The predicted molar refractivity (Wildman–Crippen MR) is 75.3 cm³/mol. The van der Waals surface area contributed by atoms with Crippen LogP contribution in [-0.4, -0.2) is 21.2 Å². The van der Waals surface area contributed by atoms with Gasteiger partial charge in [-0.05, 0) is 25.0 Å². The highest BCUT2D eigenvalue weighted by Crippen LogP contribution is 2.23. The zero-order chi connectivity index (χ0) is 15.5. The first-order valence-electron chi connectivity index (χ1n) is 7.00. The van der Waals surface area contributed by atoms with E-state index in [0.717, 1.165) is 25.0 Å². The summed E-state index contributed by atoms with van der Waals surface area (Å²) in [5.41, 5.74) is -0.251. The van der Waals surface area contributed by atoms with E-state index in [9.17, 15) is 13.2 Å². The molecule has 1 aliphatic carbocycles. The molecule has 116 valence electrons. The second kappa shape index (κ2) is 6.17. The van der Waals surface area contributed by atoms with Gasteiger partial charge in [0.15, 0.2) is 23.3 Å². The number of benzene rings is 1. The Morgan fingerprint density at radius 1 is 1.05 bits per heavy atom. The van der Waals surface area contributed by atoms with Crippen LogP contribution in [0.5, 0.6) is 0 Å². The molecule has 0 amide bonds. The molecule has 0 unspecified atom stereocenters. The van der Waals surface area contributed by atoms with Gasteiger partial charge in [-0.2, -0.15) is 10.1 Å². The first-order valence-corrected chi connectivity index (χ1v) is 7.00. The van der Waals surface area contributed by atoms with E-state index in [-0.39, 0.29) is 11.6 Å². The van der Waals surface area contributed by atoms with Crippen molar-refractivity contribution in [2.75, 3.05) is 10.6 Å². The van der Waals surface area contributed by atoms with Crippen LogP contribution in [0.2, 0.25) is 0 Å². The molecule has 0 saturated heterocycles. The molecule has 1 saturated carbocycles. The van der Waals surface area contributed by atoms with Gasteiger partial charge in [-0.1, -0.05) is 12.8 Å². The summed E-state index contributed by atoms with van der Waals surface area (Å²) in [6.07, 6.45) is 5.92. The summed E-state index contributed by atoms with van der Waals surface area (Å²) in [5, 5.41) is 13.2. The van der Waals surface area contributed by atoms with E-state index in [2.05, 4.69) is 25.8 Å². The second-order valence-corrected chi connectivity index (χ2v) is 5.14. The van der Waals surface area contributed by atoms with E-state index in [1.165, 1.54) is 19.0 Å². The Labute approximate surface area is 125 Å². The SMILES string of the molecule is Fc1ccc(Nc2nncc(NC3CCCC3)n2)c(F)c1F. The van der Waals surface area contributed by atoms with Crippen LogP contribution in [0.3, 0.4) is 0 Å². The minimum Gasteiger partial charge on any atom is -0.366 e. The molecule has 0 bridgehead atoms. The van der Waals surface area contributed by atoms with Crippen molar-refractivity contribution in [3.05, 3.63) is 35.8 Å². The maximum Gasteiger partial charge on any atom is 0.249 e. The van der Waals surface area contributed by atoms with Gasteiger partial charge in [-0.25, -0.2) is 13.2 Å². The van der Waals surface area contributed by atoms with Gasteiger partial charge < -0.3 is 10.6 Å². The fourth-order valence-corrected chi connectivity index (χ4v) is 2.45. The molecule has 1 fully saturated rings. The summed E-state index contributed by atoms with van der Waals surface area (Å²) in [5.74, 6) is -3.60. The van der Waals surface area contributed by atoms with Crippen molar-refractivity contribution in [1.82, 2.24) is 15.2 Å². The van der Waals surface area contributed by atoms with Crippen LogP contribution in [0.1, 0.15) is 25.7 Å². The standard InChI is InChI=1S/C14H14F3N5/c15-9-5-6-10(13(17)12(9)16)20-14-21-11(7-18-22-14)19-8-3-1-2-4-8/h5-8H,1-4H2,(H2,19,20,21,22). The third-order valence-corrected chi connectivity index (χ3v) is 3.55. The van der Waals surface area contributed by atoms with Crippen molar-refractivity contribution in [2.24, 2.45) is 0 Å². The van der Waals surface area contributed by atoms with Crippen LogP contribution in [-0.2, 0) is 0 Å². The number of hydrogen-bond acceptors (Lipinski definition) is 5. The molecule has 0 radical (unpaired) electrons. The van der Waals surface area contributed by atoms with Gasteiger partial charge in [0, 0.05) is 6.04 Å². The number of aromatic nitrogens is 3. The van der Waals surface area contributed by atoms with Crippen molar-refractivity contribution < 1.29 is 13.2 Å². The predicted octanol–water partition coefficient (Wildman–Crippen LogP) is 3.39. The molecule has 5 nitrogen and oxygen atoms in total. The molecule has 1 aliphatic rings. The Hall–Kier alpha value is -2.38. The Balaban J connectivity index is 1.76. The summed E-state index contributed by atoms with van der Waals surface area (Å²) in [7, 11) is 0. The van der Waals surface area contributed by atoms with Crippen LogP contribution in [0, 0.1) is 17.5 Å². The van der Waals surface area contributed by atoms with Crippen LogP contribution in [0.15, 0.2) is 18.3 Å². The highest BCUT2D eigenvalue weighted by Gasteiger charge is 2.17. The Kier molecular flexibility index (Phi) is 4.08. The molecule has 2 aromatic rings. The molecule has 0 spiro atoms. The summed E-state index contributed by atoms with van der Waals surface area (Å²) >= 11 is 0. The van der Waals surface area contributed by atoms with Gasteiger partial charge in [0.05, 0.1) is 11.9 Å². The molecule has 1 aromatic heterocycles. The van der Waals surface area contributed by atoms with Gasteiger partial charge in [-0.15, -0.1) is 5.10 Å². The van der Waals surface area contributed by atoms with E-state index >= 15 is 0 Å². The largest absolute Gasteiger partial charge is 0.366 e. The number of nitrogens with one attached hydrogen (secondary N) is 2. The van der Waals surface area contributed by atoms with Gasteiger partial charge in [-0.3, -0.25) is 0 Å². The third-order valence-electron chi connectivity index (χ3n) is 3.55. The highest BCUT2D eigenvalue weighted by atomic mass is 19.2. The molecule has 0 aliphatic heterocycles.